The predicted octanol–water partition coefficient (Wildman–Crippen LogP) is 9.17. The smallest absolute Gasteiger partial charge is 0.0804 e. The van der Waals surface area contributed by atoms with E-state index in [2.05, 4.69) is 31.9 Å². The highest BCUT2D eigenvalue weighted by Gasteiger charge is 2.21. The van der Waals surface area contributed by atoms with Gasteiger partial charge < -0.3 is 0 Å². The largest absolute Gasteiger partial charge is 0.247 e. The summed E-state index contributed by atoms with van der Waals surface area (Å²) in [6.07, 6.45) is 0. The van der Waals surface area contributed by atoms with Gasteiger partial charge in [-0.15, -0.1) is 0 Å². The molecule has 0 amide bonds. The van der Waals surface area contributed by atoms with Crippen molar-refractivity contribution >= 4 is 77.9 Å². The minimum atomic E-state index is 0.627. The van der Waals surface area contributed by atoms with E-state index in [0.717, 1.165) is 54.0 Å². The lowest BCUT2D eigenvalue weighted by Crippen LogP contribution is -2.10. The summed E-state index contributed by atoms with van der Waals surface area (Å²) in [7, 11) is 0. The number of fused-ring (bicyclic) bond motifs is 2. The maximum absolute atomic E-state index is 6.41. The zero-order valence-corrected chi connectivity index (χ0v) is 21.2. The van der Waals surface area contributed by atoms with E-state index in [1.165, 1.54) is 0 Å². The van der Waals surface area contributed by atoms with Gasteiger partial charge in [-0.25, -0.2) is 9.98 Å². The predicted molar refractivity (Wildman–Crippen MR) is 142 cm³/mol. The van der Waals surface area contributed by atoms with E-state index < -0.39 is 0 Å². The van der Waals surface area contributed by atoms with Gasteiger partial charge in [0, 0.05) is 41.2 Å². The Hall–Kier alpha value is -2.24. The Morgan fingerprint density at radius 2 is 0.969 bits per heavy atom. The molecule has 0 N–H and O–H groups in total. The van der Waals surface area contributed by atoms with Crippen LogP contribution in [0.5, 0.6) is 0 Å². The summed E-state index contributed by atoms with van der Waals surface area (Å²) in [4.78, 5) is 10.2. The van der Waals surface area contributed by atoms with Gasteiger partial charge in [0.25, 0.3) is 0 Å². The summed E-state index contributed by atoms with van der Waals surface area (Å²) in [5.41, 5.74) is 6.82. The molecule has 0 saturated carbocycles. The number of hydrogen-bond donors (Lipinski definition) is 0. The summed E-state index contributed by atoms with van der Waals surface area (Å²) in [6.45, 7) is 0. The van der Waals surface area contributed by atoms with Gasteiger partial charge in [0.1, 0.15) is 0 Å². The van der Waals surface area contributed by atoms with E-state index in [0.29, 0.717) is 10.0 Å². The van der Waals surface area contributed by atoms with Crippen LogP contribution in [-0.4, -0.2) is 11.4 Å². The SMILES string of the molecule is Clc1ccc2c(c1)C(c1cccc(Br)c1)=Nc1ccc(Cl)cc1C(c1cccc(Br)c1)=N2. The fourth-order valence-corrected chi connectivity index (χ4v) is 4.81. The van der Waals surface area contributed by atoms with Gasteiger partial charge in [-0.1, -0.05) is 79.3 Å². The summed E-state index contributed by atoms with van der Waals surface area (Å²) < 4.78 is 1.94. The quantitative estimate of drug-likeness (QED) is 0.198. The lowest BCUT2D eigenvalue weighted by atomic mass is 9.96. The Bertz CT molecular complexity index is 1320. The van der Waals surface area contributed by atoms with Crippen LogP contribution in [0.4, 0.5) is 11.4 Å². The minimum Gasteiger partial charge on any atom is -0.247 e. The molecular weight excluding hydrogens is 571 g/mol. The first-order valence-corrected chi connectivity index (χ1v) is 12.1. The number of aliphatic imine (C=N–C) groups is 2. The van der Waals surface area contributed by atoms with Gasteiger partial charge in [-0.3, -0.25) is 0 Å². The fourth-order valence-electron chi connectivity index (χ4n) is 3.66. The summed E-state index contributed by atoms with van der Waals surface area (Å²) in [5.74, 6) is 0. The van der Waals surface area contributed by atoms with Gasteiger partial charge >= 0.3 is 0 Å². The molecule has 2 nitrogen and oxygen atoms in total. The van der Waals surface area contributed by atoms with Gasteiger partial charge in [0.05, 0.1) is 22.8 Å². The molecule has 1 aliphatic heterocycles. The Morgan fingerprint density at radius 1 is 0.531 bits per heavy atom. The Kier molecular flexibility index (Phi) is 6.04. The van der Waals surface area contributed by atoms with Crippen LogP contribution in [0.2, 0.25) is 10.0 Å². The van der Waals surface area contributed by atoms with E-state index in [1.54, 1.807) is 0 Å². The van der Waals surface area contributed by atoms with Crippen LogP contribution in [0.25, 0.3) is 0 Å². The molecule has 0 radical (unpaired) electrons. The second kappa shape index (κ2) is 8.95. The maximum Gasteiger partial charge on any atom is 0.0804 e. The first-order valence-electron chi connectivity index (χ1n) is 9.77. The monoisotopic (exact) mass is 582 g/mol. The number of hydrogen-bond acceptors (Lipinski definition) is 2. The third kappa shape index (κ3) is 4.33. The molecule has 0 bridgehead atoms. The van der Waals surface area contributed by atoms with E-state index in [1.807, 2.05) is 84.9 Å². The second-order valence-corrected chi connectivity index (χ2v) is 9.97. The van der Waals surface area contributed by atoms with Crippen LogP contribution in [0.15, 0.2) is 104 Å². The Labute approximate surface area is 212 Å². The third-order valence-electron chi connectivity index (χ3n) is 5.09. The molecule has 4 aromatic carbocycles. The van der Waals surface area contributed by atoms with Crippen molar-refractivity contribution < 1.29 is 0 Å². The van der Waals surface area contributed by atoms with Crippen molar-refractivity contribution in [3.63, 3.8) is 0 Å². The molecule has 1 aliphatic rings. The highest BCUT2D eigenvalue weighted by atomic mass is 79.9. The normalized spacial score (nSPS) is 12.8. The van der Waals surface area contributed by atoms with Gasteiger partial charge in [0.2, 0.25) is 0 Å². The van der Waals surface area contributed by atoms with Gasteiger partial charge in [0.15, 0.2) is 0 Å². The molecule has 5 rings (SSSR count). The van der Waals surface area contributed by atoms with Crippen molar-refractivity contribution in [2.24, 2.45) is 9.98 Å². The number of nitrogens with zero attached hydrogens (tertiary/aromatic N) is 2. The zero-order chi connectivity index (χ0) is 22.2. The van der Waals surface area contributed by atoms with Crippen LogP contribution >= 0.6 is 55.1 Å². The third-order valence-corrected chi connectivity index (χ3v) is 6.54. The highest BCUT2D eigenvalue weighted by molar-refractivity contribution is 9.10. The molecule has 0 aromatic heterocycles. The summed E-state index contributed by atoms with van der Waals surface area (Å²) >= 11 is 20.0. The number of halogens is 4. The number of benzene rings is 4. The summed E-state index contributed by atoms with van der Waals surface area (Å²) in [6, 6.07) is 27.5. The Morgan fingerprint density at radius 3 is 1.38 bits per heavy atom. The molecule has 156 valence electrons. The lowest BCUT2D eigenvalue weighted by molar-refractivity contribution is 1.39. The molecule has 0 saturated heterocycles. The molecule has 0 unspecified atom stereocenters. The first kappa shape index (κ1) is 21.6. The minimum absolute atomic E-state index is 0.627. The van der Waals surface area contributed by atoms with Crippen LogP contribution in [0.1, 0.15) is 22.3 Å². The van der Waals surface area contributed by atoms with E-state index in [9.17, 15) is 0 Å². The van der Waals surface area contributed by atoms with Crippen molar-refractivity contribution in [3.8, 4) is 0 Å². The zero-order valence-electron chi connectivity index (χ0n) is 16.5. The van der Waals surface area contributed by atoms with E-state index >= 15 is 0 Å². The highest BCUT2D eigenvalue weighted by Crippen LogP contribution is 2.36. The standard InChI is InChI=1S/C26H14Br2Cl2N2/c27-17-5-1-3-15(11-17)25-21-13-19(29)7-9-23(21)32-26(16-4-2-6-18(28)12-16)22-14-20(30)8-10-24(22)31-25/h1-14H. The molecule has 32 heavy (non-hydrogen) atoms. The van der Waals surface area contributed by atoms with Crippen molar-refractivity contribution in [2.75, 3.05) is 0 Å². The van der Waals surface area contributed by atoms with Crippen LogP contribution < -0.4 is 0 Å². The molecular formula is C26H14Br2Cl2N2. The van der Waals surface area contributed by atoms with E-state index in [4.69, 9.17) is 33.2 Å². The van der Waals surface area contributed by atoms with Gasteiger partial charge in [-0.05, 0) is 60.7 Å². The van der Waals surface area contributed by atoms with Crippen molar-refractivity contribution in [2.45, 2.75) is 0 Å². The molecule has 4 aromatic rings. The van der Waals surface area contributed by atoms with Crippen molar-refractivity contribution in [1.29, 1.82) is 0 Å². The molecule has 0 fully saturated rings. The average Bonchev–Trinajstić information content (AvgIpc) is 2.76. The topological polar surface area (TPSA) is 24.7 Å². The molecule has 1 heterocycles. The molecule has 0 aliphatic carbocycles. The van der Waals surface area contributed by atoms with E-state index in [-0.39, 0.29) is 0 Å². The molecule has 0 spiro atoms. The molecule has 6 heteroatoms. The maximum atomic E-state index is 6.41. The van der Waals surface area contributed by atoms with Crippen molar-refractivity contribution in [3.05, 3.63) is 126 Å². The van der Waals surface area contributed by atoms with Gasteiger partial charge in [-0.2, -0.15) is 0 Å². The van der Waals surface area contributed by atoms with Crippen LogP contribution in [-0.2, 0) is 0 Å². The first-order chi connectivity index (χ1) is 15.5. The molecule has 0 atom stereocenters. The second-order valence-electron chi connectivity index (χ2n) is 7.26. The fraction of sp³-hybridized carbons (Fsp3) is 0. The Balaban J connectivity index is 1.86. The summed E-state index contributed by atoms with van der Waals surface area (Å²) in [5, 5.41) is 1.25. The van der Waals surface area contributed by atoms with Crippen LogP contribution in [0, 0.1) is 0 Å². The lowest BCUT2D eigenvalue weighted by Gasteiger charge is -2.19. The average molecular weight is 585 g/mol. The van der Waals surface area contributed by atoms with Crippen LogP contribution in [0.3, 0.4) is 0 Å². The van der Waals surface area contributed by atoms with Crippen molar-refractivity contribution in [1.82, 2.24) is 0 Å². The number of rotatable bonds is 2.